The SMILES string of the molecule is O=C(NCCc1nc2ccccc2n1CC(O)c1c(F)cccc1F)c1ccccc1. The van der Waals surface area contributed by atoms with Gasteiger partial charge in [-0.2, -0.15) is 0 Å². The zero-order chi connectivity index (χ0) is 21.8. The van der Waals surface area contributed by atoms with Gasteiger partial charge in [-0.1, -0.05) is 36.4 Å². The average Bonchev–Trinajstić information content (AvgIpc) is 3.11. The third kappa shape index (κ3) is 4.46. The lowest BCUT2D eigenvalue weighted by atomic mass is 10.1. The van der Waals surface area contributed by atoms with Crippen LogP contribution >= 0.6 is 0 Å². The molecule has 0 aliphatic rings. The molecular formula is C24H21F2N3O2. The van der Waals surface area contributed by atoms with Gasteiger partial charge in [-0.25, -0.2) is 13.8 Å². The number of carbonyl (C=O) groups excluding carboxylic acids is 1. The molecule has 3 aromatic carbocycles. The molecule has 1 amide bonds. The molecule has 2 N–H and O–H groups in total. The molecule has 0 aliphatic heterocycles. The summed E-state index contributed by atoms with van der Waals surface area (Å²) in [5.74, 6) is -1.19. The number of nitrogens with zero attached hydrogens (tertiary/aromatic N) is 2. The van der Waals surface area contributed by atoms with Gasteiger partial charge in [-0.05, 0) is 36.4 Å². The standard InChI is InChI=1S/C24H21F2N3O2/c25-17-9-6-10-18(26)23(17)21(30)15-29-20-12-5-4-11-19(20)28-22(29)13-14-27-24(31)16-7-2-1-3-8-16/h1-12,21,30H,13-15H2,(H,27,31). The molecule has 0 aliphatic carbocycles. The molecule has 1 heterocycles. The molecule has 0 saturated heterocycles. The summed E-state index contributed by atoms with van der Waals surface area (Å²) in [5.41, 5.74) is 1.63. The lowest BCUT2D eigenvalue weighted by Gasteiger charge is -2.16. The van der Waals surface area contributed by atoms with E-state index >= 15 is 0 Å². The maximum absolute atomic E-state index is 14.1. The van der Waals surface area contributed by atoms with E-state index in [0.717, 1.165) is 17.6 Å². The highest BCUT2D eigenvalue weighted by atomic mass is 19.1. The van der Waals surface area contributed by atoms with E-state index in [9.17, 15) is 18.7 Å². The Morgan fingerprint density at radius 1 is 0.968 bits per heavy atom. The summed E-state index contributed by atoms with van der Waals surface area (Å²) in [7, 11) is 0. The average molecular weight is 421 g/mol. The Balaban J connectivity index is 1.55. The number of hydrogen-bond donors (Lipinski definition) is 2. The normalized spacial score (nSPS) is 12.1. The van der Waals surface area contributed by atoms with Crippen LogP contribution in [0.2, 0.25) is 0 Å². The van der Waals surface area contributed by atoms with Crippen molar-refractivity contribution in [2.24, 2.45) is 0 Å². The predicted octanol–water partition coefficient (Wildman–Crippen LogP) is 4.02. The highest BCUT2D eigenvalue weighted by Gasteiger charge is 2.21. The second kappa shape index (κ2) is 9.06. The van der Waals surface area contributed by atoms with Crippen LogP contribution in [0.4, 0.5) is 8.78 Å². The number of hydrogen-bond acceptors (Lipinski definition) is 3. The van der Waals surface area contributed by atoms with Crippen molar-refractivity contribution in [2.75, 3.05) is 6.54 Å². The van der Waals surface area contributed by atoms with Gasteiger partial charge in [-0.15, -0.1) is 0 Å². The van der Waals surface area contributed by atoms with Gasteiger partial charge in [0.1, 0.15) is 23.6 Å². The minimum atomic E-state index is -1.39. The number of aliphatic hydroxyl groups excluding tert-OH is 1. The number of nitrogens with one attached hydrogen (secondary N) is 1. The zero-order valence-electron chi connectivity index (χ0n) is 16.6. The number of aromatic nitrogens is 2. The maximum Gasteiger partial charge on any atom is 0.251 e. The summed E-state index contributed by atoms with van der Waals surface area (Å²) in [6.45, 7) is 0.252. The van der Waals surface area contributed by atoms with E-state index in [1.807, 2.05) is 30.3 Å². The fraction of sp³-hybridized carbons (Fsp3) is 0.167. The fourth-order valence-electron chi connectivity index (χ4n) is 3.59. The number of rotatable bonds is 7. The number of benzene rings is 3. The van der Waals surface area contributed by atoms with E-state index in [2.05, 4.69) is 10.3 Å². The lowest BCUT2D eigenvalue weighted by molar-refractivity contribution is 0.0953. The highest BCUT2D eigenvalue weighted by Crippen LogP contribution is 2.25. The van der Waals surface area contributed by atoms with Crippen LogP contribution in [-0.2, 0) is 13.0 Å². The zero-order valence-corrected chi connectivity index (χ0v) is 16.6. The Hall–Kier alpha value is -3.58. The molecule has 0 bridgehead atoms. The van der Waals surface area contributed by atoms with Crippen LogP contribution in [-0.4, -0.2) is 27.1 Å². The Morgan fingerprint density at radius 3 is 2.39 bits per heavy atom. The first kappa shape index (κ1) is 20.7. The van der Waals surface area contributed by atoms with Crippen LogP contribution in [0.1, 0.15) is 27.8 Å². The number of imidazole rings is 1. The first-order valence-electron chi connectivity index (χ1n) is 9.94. The van der Waals surface area contributed by atoms with E-state index in [1.54, 1.807) is 28.8 Å². The first-order chi connectivity index (χ1) is 15.0. The minimum Gasteiger partial charge on any atom is -0.386 e. The maximum atomic E-state index is 14.1. The summed E-state index contributed by atoms with van der Waals surface area (Å²) in [6.07, 6.45) is -1.00. The summed E-state index contributed by atoms with van der Waals surface area (Å²) < 4.78 is 30.0. The molecule has 0 fully saturated rings. The van der Waals surface area contributed by atoms with Crippen LogP contribution < -0.4 is 5.32 Å². The summed E-state index contributed by atoms with van der Waals surface area (Å²) >= 11 is 0. The van der Waals surface area contributed by atoms with Crippen LogP contribution in [0.15, 0.2) is 72.8 Å². The quantitative estimate of drug-likeness (QED) is 0.474. The summed E-state index contributed by atoms with van der Waals surface area (Å²) in [6, 6.07) is 19.7. The minimum absolute atomic E-state index is 0.0691. The molecule has 7 heteroatoms. The predicted molar refractivity (Wildman–Crippen MR) is 114 cm³/mol. The Labute approximate surface area is 178 Å². The number of halogens is 2. The van der Waals surface area contributed by atoms with Gasteiger partial charge >= 0.3 is 0 Å². The van der Waals surface area contributed by atoms with Crippen molar-refractivity contribution >= 4 is 16.9 Å². The molecule has 31 heavy (non-hydrogen) atoms. The van der Waals surface area contributed by atoms with Gasteiger partial charge in [0.05, 0.1) is 23.1 Å². The monoisotopic (exact) mass is 421 g/mol. The van der Waals surface area contributed by atoms with Gasteiger partial charge in [0.2, 0.25) is 0 Å². The second-order valence-electron chi connectivity index (χ2n) is 7.15. The van der Waals surface area contributed by atoms with Gasteiger partial charge in [-0.3, -0.25) is 4.79 Å². The number of carbonyl (C=O) groups is 1. The van der Waals surface area contributed by atoms with Crippen LogP contribution in [0.5, 0.6) is 0 Å². The molecule has 1 atom stereocenters. The van der Waals surface area contributed by atoms with Crippen molar-refractivity contribution in [2.45, 2.75) is 19.1 Å². The molecule has 158 valence electrons. The van der Waals surface area contributed by atoms with Gasteiger partial charge in [0.25, 0.3) is 5.91 Å². The van der Waals surface area contributed by atoms with Crippen molar-refractivity contribution in [1.82, 2.24) is 14.9 Å². The fourth-order valence-corrected chi connectivity index (χ4v) is 3.59. The molecule has 0 spiro atoms. The Bertz CT molecular complexity index is 1190. The highest BCUT2D eigenvalue weighted by molar-refractivity contribution is 5.94. The molecule has 5 nitrogen and oxygen atoms in total. The van der Waals surface area contributed by atoms with Crippen LogP contribution in [0.25, 0.3) is 11.0 Å². The lowest BCUT2D eigenvalue weighted by Crippen LogP contribution is -2.26. The number of aliphatic hydroxyl groups is 1. The third-order valence-corrected chi connectivity index (χ3v) is 5.09. The van der Waals surface area contributed by atoms with Crippen LogP contribution in [0.3, 0.4) is 0 Å². The number of fused-ring (bicyclic) bond motifs is 1. The van der Waals surface area contributed by atoms with Crippen molar-refractivity contribution in [1.29, 1.82) is 0 Å². The van der Waals surface area contributed by atoms with E-state index in [-0.39, 0.29) is 18.0 Å². The van der Waals surface area contributed by atoms with E-state index in [4.69, 9.17) is 0 Å². The van der Waals surface area contributed by atoms with Crippen molar-refractivity contribution in [3.8, 4) is 0 Å². The first-order valence-corrected chi connectivity index (χ1v) is 9.94. The smallest absolute Gasteiger partial charge is 0.251 e. The second-order valence-corrected chi connectivity index (χ2v) is 7.15. The number of amides is 1. The van der Waals surface area contributed by atoms with Gasteiger partial charge in [0, 0.05) is 18.5 Å². The van der Waals surface area contributed by atoms with Crippen LogP contribution in [0, 0.1) is 11.6 Å². The summed E-state index contributed by atoms with van der Waals surface area (Å²) in [4.78, 5) is 16.9. The van der Waals surface area contributed by atoms with E-state index < -0.39 is 17.7 Å². The van der Waals surface area contributed by atoms with E-state index in [1.165, 1.54) is 6.07 Å². The Morgan fingerprint density at radius 2 is 1.65 bits per heavy atom. The molecule has 0 radical (unpaired) electrons. The molecule has 4 aromatic rings. The largest absolute Gasteiger partial charge is 0.386 e. The summed E-state index contributed by atoms with van der Waals surface area (Å²) in [5, 5.41) is 13.4. The third-order valence-electron chi connectivity index (χ3n) is 5.09. The van der Waals surface area contributed by atoms with Crippen molar-refractivity contribution in [3.63, 3.8) is 0 Å². The van der Waals surface area contributed by atoms with Crippen molar-refractivity contribution in [3.05, 3.63) is 101 Å². The van der Waals surface area contributed by atoms with Crippen molar-refractivity contribution < 1.29 is 18.7 Å². The number of para-hydroxylation sites is 2. The molecule has 4 rings (SSSR count). The molecule has 1 unspecified atom stereocenters. The molecular weight excluding hydrogens is 400 g/mol. The van der Waals surface area contributed by atoms with E-state index in [0.29, 0.717) is 29.9 Å². The molecule has 0 saturated carbocycles. The Kier molecular flexibility index (Phi) is 6.04. The topological polar surface area (TPSA) is 67.2 Å². The van der Waals surface area contributed by atoms with Gasteiger partial charge in [0.15, 0.2) is 0 Å². The molecule has 1 aromatic heterocycles. The van der Waals surface area contributed by atoms with Gasteiger partial charge < -0.3 is 15.0 Å².